The molecule has 39 heavy (non-hydrogen) atoms. The predicted octanol–water partition coefficient (Wildman–Crippen LogP) is 6.91. The first kappa shape index (κ1) is 37.1. The van der Waals surface area contributed by atoms with Crippen molar-refractivity contribution < 1.29 is 32.9 Å². The van der Waals surface area contributed by atoms with Gasteiger partial charge in [0.25, 0.3) is 0 Å². The van der Waals surface area contributed by atoms with Gasteiger partial charge in [-0.05, 0) is 62.4 Å². The minimum atomic E-state index is -2.08. The third kappa shape index (κ3) is 13.3. The van der Waals surface area contributed by atoms with E-state index in [1.165, 1.54) is 0 Å². The average Bonchev–Trinajstić information content (AvgIpc) is 2.87. The zero-order valence-corrected chi connectivity index (χ0v) is 28.8. The highest BCUT2D eigenvalue weighted by Gasteiger charge is 2.41. The second-order valence-electron chi connectivity index (χ2n) is 11.6. The van der Waals surface area contributed by atoms with E-state index in [1.807, 2.05) is 13.8 Å². The van der Waals surface area contributed by atoms with Crippen molar-refractivity contribution in [1.29, 1.82) is 0 Å². The van der Waals surface area contributed by atoms with Gasteiger partial charge >= 0.3 is 0 Å². The van der Waals surface area contributed by atoms with Crippen LogP contribution in [0.15, 0.2) is 11.6 Å². The molecule has 0 unspecified atom stereocenters. The number of carbonyl (C=O) groups is 1. The highest BCUT2D eigenvalue weighted by atomic mass is 32.2. The van der Waals surface area contributed by atoms with E-state index >= 15 is 0 Å². The minimum absolute atomic E-state index is 0.0409. The summed E-state index contributed by atoms with van der Waals surface area (Å²) in [6.45, 7) is 21.9. The average molecular weight is 609 g/mol. The highest BCUT2D eigenvalue weighted by Crippen LogP contribution is 2.45. The fourth-order valence-corrected chi connectivity index (χ4v) is 8.39. The number of thioether (sulfide) groups is 2. The van der Waals surface area contributed by atoms with E-state index in [2.05, 4.69) is 53.8 Å². The molecule has 0 spiro atoms. The van der Waals surface area contributed by atoms with Gasteiger partial charge in [0.15, 0.2) is 14.6 Å². The summed E-state index contributed by atoms with van der Waals surface area (Å²) in [5.74, 6) is 2.02. The fraction of sp³-hybridized carbons (Fsp3) is 0.897. The van der Waals surface area contributed by atoms with E-state index in [9.17, 15) is 4.79 Å². The van der Waals surface area contributed by atoms with E-state index < -0.39 is 12.4 Å². The Morgan fingerprint density at radius 3 is 2.18 bits per heavy atom. The molecule has 230 valence electrons. The number of methoxy groups -OCH3 is 1. The molecule has 1 saturated heterocycles. The van der Waals surface area contributed by atoms with Crippen molar-refractivity contribution in [2.45, 2.75) is 108 Å². The van der Waals surface area contributed by atoms with Crippen molar-refractivity contribution >= 4 is 38.1 Å². The Labute approximate surface area is 248 Å². The summed E-state index contributed by atoms with van der Waals surface area (Å²) in [7, 11) is -0.426. The number of hydrogen-bond acceptors (Lipinski definition) is 9. The number of rotatable bonds is 20. The summed E-state index contributed by atoms with van der Waals surface area (Å²) < 4.78 is 35.3. The number of aldehydes is 1. The van der Waals surface area contributed by atoms with E-state index in [1.54, 1.807) is 30.6 Å². The van der Waals surface area contributed by atoms with Gasteiger partial charge in [0.05, 0.1) is 25.4 Å². The SMILES string of the molecule is CCOC(C[C@H](O[Si](C)(C)C(C)(C)C)/C(C)=C/[C@H](C)[C@H](CC1(C=O)SCCCS1)OCOCCOC)OCC. The Kier molecular flexibility index (Phi) is 17.7. The molecule has 3 atom stereocenters. The van der Waals surface area contributed by atoms with Gasteiger partial charge in [-0.2, -0.15) is 0 Å². The maximum absolute atomic E-state index is 12.3. The van der Waals surface area contributed by atoms with Crippen molar-refractivity contribution in [3.05, 3.63) is 11.6 Å². The molecule has 0 aromatic heterocycles. The molecule has 0 amide bonds. The smallest absolute Gasteiger partial charge is 0.192 e. The largest absolute Gasteiger partial charge is 0.410 e. The predicted molar refractivity (Wildman–Crippen MR) is 167 cm³/mol. The summed E-state index contributed by atoms with van der Waals surface area (Å²) in [5, 5.41) is 0.0703. The van der Waals surface area contributed by atoms with Gasteiger partial charge in [0.1, 0.15) is 17.2 Å². The van der Waals surface area contributed by atoms with Crippen LogP contribution in [0.4, 0.5) is 0 Å². The van der Waals surface area contributed by atoms with Crippen molar-refractivity contribution in [1.82, 2.24) is 0 Å². The quantitative estimate of drug-likeness (QED) is 0.0482. The van der Waals surface area contributed by atoms with Crippen LogP contribution in [0.2, 0.25) is 18.1 Å². The van der Waals surface area contributed by atoms with Crippen LogP contribution in [-0.2, 0) is 32.9 Å². The van der Waals surface area contributed by atoms with Gasteiger partial charge in [-0.3, -0.25) is 0 Å². The molecule has 0 saturated carbocycles. The summed E-state index contributed by atoms with van der Waals surface area (Å²) in [6.07, 6.45) is 5.08. The normalized spacial score (nSPS) is 19.2. The van der Waals surface area contributed by atoms with E-state index in [0.29, 0.717) is 39.3 Å². The Bertz CT molecular complexity index is 702. The van der Waals surface area contributed by atoms with Crippen molar-refractivity contribution in [3.8, 4) is 0 Å². The second kappa shape index (κ2) is 18.6. The van der Waals surface area contributed by atoms with E-state index in [4.69, 9.17) is 28.1 Å². The Hall–Kier alpha value is 0.0869. The molecule has 0 aromatic carbocycles. The molecule has 0 aromatic rings. The standard InChI is InChI=1S/C29H56O7S2Si/c1-11-33-27(34-12-2)19-25(36-39(9,10)28(5,6)7)23(3)18-24(4)26(35-22-32-15-14-31-8)20-29(21-30)37-16-13-17-38-29/h18,21,24-27H,11-17,19-20,22H2,1-10H3/b23-18+/t24-,25-,26-/m0/s1. The molecule has 1 heterocycles. The van der Waals surface area contributed by atoms with Crippen LogP contribution in [-0.4, -0.2) is 89.0 Å². The van der Waals surface area contributed by atoms with Crippen molar-refractivity contribution in [3.63, 3.8) is 0 Å². The molecular formula is C29H56O7S2Si. The molecule has 0 N–H and O–H groups in total. The molecule has 7 nitrogen and oxygen atoms in total. The lowest BCUT2D eigenvalue weighted by atomic mass is 9.95. The van der Waals surface area contributed by atoms with Crippen LogP contribution >= 0.6 is 23.5 Å². The first-order chi connectivity index (χ1) is 18.3. The first-order valence-electron chi connectivity index (χ1n) is 14.4. The number of hydrogen-bond donors (Lipinski definition) is 0. The fourth-order valence-electron chi connectivity index (χ4n) is 4.06. The van der Waals surface area contributed by atoms with Crippen LogP contribution in [0.5, 0.6) is 0 Å². The zero-order valence-electron chi connectivity index (χ0n) is 26.2. The lowest BCUT2D eigenvalue weighted by molar-refractivity contribution is -0.148. The lowest BCUT2D eigenvalue weighted by Crippen LogP contribution is -2.45. The van der Waals surface area contributed by atoms with Gasteiger partial charge in [0, 0.05) is 39.1 Å². The van der Waals surface area contributed by atoms with Gasteiger partial charge < -0.3 is 32.9 Å². The summed E-state index contributed by atoms with van der Waals surface area (Å²) in [6, 6.07) is 0. The number of ether oxygens (including phenoxy) is 5. The van der Waals surface area contributed by atoms with Gasteiger partial charge in [0.2, 0.25) is 0 Å². The van der Waals surface area contributed by atoms with Crippen LogP contribution in [0, 0.1) is 5.92 Å². The summed E-state index contributed by atoms with van der Waals surface area (Å²) in [5.41, 5.74) is 1.13. The third-order valence-electron chi connectivity index (χ3n) is 7.42. The van der Waals surface area contributed by atoms with E-state index in [-0.39, 0.29) is 36.2 Å². The molecule has 1 aliphatic heterocycles. The molecule has 0 aliphatic carbocycles. The van der Waals surface area contributed by atoms with Crippen LogP contribution < -0.4 is 0 Å². The second-order valence-corrected chi connectivity index (χ2v) is 19.5. The Morgan fingerprint density at radius 2 is 1.67 bits per heavy atom. The Morgan fingerprint density at radius 1 is 1.05 bits per heavy atom. The maximum atomic E-state index is 12.3. The molecule has 1 aliphatic rings. The molecule has 10 heteroatoms. The molecule has 1 fully saturated rings. The molecular weight excluding hydrogens is 553 g/mol. The lowest BCUT2D eigenvalue weighted by Gasteiger charge is -2.40. The van der Waals surface area contributed by atoms with Crippen LogP contribution in [0.1, 0.15) is 67.7 Å². The first-order valence-corrected chi connectivity index (χ1v) is 19.2. The molecule has 0 radical (unpaired) electrons. The number of carbonyl (C=O) groups excluding carboxylic acids is 1. The van der Waals surface area contributed by atoms with E-state index in [0.717, 1.165) is 29.8 Å². The summed E-state index contributed by atoms with van der Waals surface area (Å²) >= 11 is 3.48. The van der Waals surface area contributed by atoms with Gasteiger partial charge in [-0.1, -0.05) is 33.8 Å². The maximum Gasteiger partial charge on any atom is 0.192 e. The Balaban J connectivity index is 3.23. The van der Waals surface area contributed by atoms with Gasteiger partial charge in [-0.25, -0.2) is 0 Å². The third-order valence-corrected chi connectivity index (χ3v) is 15.1. The van der Waals surface area contributed by atoms with Gasteiger partial charge in [-0.15, -0.1) is 23.5 Å². The molecule has 1 rings (SSSR count). The summed E-state index contributed by atoms with van der Waals surface area (Å²) in [4.78, 5) is 12.3. The molecule has 0 bridgehead atoms. The van der Waals surface area contributed by atoms with Crippen LogP contribution in [0.3, 0.4) is 0 Å². The topological polar surface area (TPSA) is 72.5 Å². The van der Waals surface area contributed by atoms with Crippen LogP contribution in [0.25, 0.3) is 0 Å². The van der Waals surface area contributed by atoms with Crippen molar-refractivity contribution in [2.75, 3.05) is 51.8 Å². The minimum Gasteiger partial charge on any atom is -0.410 e. The monoisotopic (exact) mass is 608 g/mol. The zero-order chi connectivity index (χ0) is 29.5. The highest BCUT2D eigenvalue weighted by molar-refractivity contribution is 8.19. The van der Waals surface area contributed by atoms with Crippen molar-refractivity contribution in [2.24, 2.45) is 5.92 Å².